The van der Waals surface area contributed by atoms with Gasteiger partial charge in [-0.3, -0.25) is 4.79 Å². The molecular weight excluding hydrogens is 487 g/mol. The third-order valence-corrected chi connectivity index (χ3v) is 5.41. The molecule has 0 saturated carbocycles. The summed E-state index contributed by atoms with van der Waals surface area (Å²) in [5, 5.41) is 13.2. The third-order valence-electron chi connectivity index (χ3n) is 4.76. The van der Waals surface area contributed by atoms with Crippen molar-refractivity contribution in [3.63, 3.8) is 0 Å². The van der Waals surface area contributed by atoms with E-state index in [1.807, 2.05) is 38.1 Å². The SMILES string of the molecule is CCOc1cc(/C=C(\C#N)C(=O)Nc2ccc(OCc3ccccc3Cl)cc2)cc(Cl)c1OCC. The Morgan fingerprint density at radius 1 is 0.971 bits per heavy atom. The normalized spacial score (nSPS) is 10.9. The Morgan fingerprint density at radius 2 is 1.69 bits per heavy atom. The summed E-state index contributed by atoms with van der Waals surface area (Å²) in [5.74, 6) is 0.929. The minimum Gasteiger partial charge on any atom is -0.490 e. The Kier molecular flexibility index (Phi) is 9.42. The first kappa shape index (κ1) is 26.0. The summed E-state index contributed by atoms with van der Waals surface area (Å²) in [4.78, 5) is 12.7. The van der Waals surface area contributed by atoms with E-state index in [0.717, 1.165) is 5.56 Å². The zero-order valence-electron chi connectivity index (χ0n) is 19.3. The van der Waals surface area contributed by atoms with Crippen LogP contribution < -0.4 is 19.5 Å². The second kappa shape index (κ2) is 12.7. The maximum Gasteiger partial charge on any atom is 0.266 e. The number of carbonyl (C=O) groups excluding carboxylic acids is 1. The summed E-state index contributed by atoms with van der Waals surface area (Å²) in [6.45, 7) is 4.84. The maximum absolute atomic E-state index is 12.7. The van der Waals surface area contributed by atoms with Crippen molar-refractivity contribution >= 4 is 40.9 Å². The molecular formula is C27H24Cl2N2O4. The number of anilines is 1. The molecule has 0 spiro atoms. The van der Waals surface area contributed by atoms with Gasteiger partial charge in [-0.15, -0.1) is 0 Å². The molecule has 180 valence electrons. The standard InChI is InChI=1S/C27H24Cl2N2O4/c1-3-33-25-15-18(14-24(29)26(25)34-4-2)13-20(16-30)27(32)31-21-9-11-22(12-10-21)35-17-19-7-5-6-8-23(19)28/h5-15H,3-4,17H2,1-2H3,(H,31,32)/b20-13+. The van der Waals surface area contributed by atoms with Crippen LogP contribution in [0.3, 0.4) is 0 Å². The van der Waals surface area contributed by atoms with Gasteiger partial charge in [0.1, 0.15) is 24.0 Å². The smallest absolute Gasteiger partial charge is 0.266 e. The van der Waals surface area contributed by atoms with Crippen molar-refractivity contribution in [2.45, 2.75) is 20.5 Å². The number of ether oxygens (including phenoxy) is 3. The summed E-state index contributed by atoms with van der Waals surface area (Å²) in [6, 6.07) is 19.5. The molecule has 3 rings (SSSR count). The number of carbonyl (C=O) groups is 1. The van der Waals surface area contributed by atoms with Crippen LogP contribution >= 0.6 is 23.2 Å². The quantitative estimate of drug-likeness (QED) is 0.236. The average molecular weight is 511 g/mol. The molecule has 0 bridgehead atoms. The van der Waals surface area contributed by atoms with Crippen LogP contribution in [0.25, 0.3) is 6.08 Å². The van der Waals surface area contributed by atoms with Crippen molar-refractivity contribution in [3.05, 3.63) is 87.4 Å². The number of hydrogen-bond donors (Lipinski definition) is 1. The fraction of sp³-hybridized carbons (Fsp3) is 0.185. The second-order valence-corrected chi connectivity index (χ2v) is 8.04. The van der Waals surface area contributed by atoms with Crippen molar-refractivity contribution in [3.8, 4) is 23.3 Å². The number of nitrogens with zero attached hydrogens (tertiary/aromatic N) is 1. The zero-order chi connectivity index (χ0) is 25.2. The highest BCUT2D eigenvalue weighted by molar-refractivity contribution is 6.32. The fourth-order valence-corrected chi connectivity index (χ4v) is 3.61. The van der Waals surface area contributed by atoms with Crippen LogP contribution in [0.4, 0.5) is 5.69 Å². The lowest BCUT2D eigenvalue weighted by Crippen LogP contribution is -2.13. The zero-order valence-corrected chi connectivity index (χ0v) is 20.8. The number of benzene rings is 3. The van der Waals surface area contributed by atoms with Crippen molar-refractivity contribution in [2.24, 2.45) is 0 Å². The summed E-state index contributed by atoms with van der Waals surface area (Å²) in [7, 11) is 0. The van der Waals surface area contributed by atoms with Crippen LogP contribution in [0.2, 0.25) is 10.0 Å². The van der Waals surface area contributed by atoms with Gasteiger partial charge < -0.3 is 19.5 Å². The van der Waals surface area contributed by atoms with Crippen molar-refractivity contribution in [1.82, 2.24) is 0 Å². The van der Waals surface area contributed by atoms with E-state index >= 15 is 0 Å². The van der Waals surface area contributed by atoms with Crippen molar-refractivity contribution < 1.29 is 19.0 Å². The van der Waals surface area contributed by atoms with Gasteiger partial charge in [0, 0.05) is 16.3 Å². The van der Waals surface area contributed by atoms with Crippen LogP contribution in [0.15, 0.2) is 66.2 Å². The van der Waals surface area contributed by atoms with Gasteiger partial charge in [-0.05, 0) is 68.0 Å². The van der Waals surface area contributed by atoms with E-state index in [2.05, 4.69) is 5.32 Å². The van der Waals surface area contributed by atoms with Crippen LogP contribution in [0.1, 0.15) is 25.0 Å². The molecule has 0 aliphatic rings. The monoisotopic (exact) mass is 510 g/mol. The number of halogens is 2. The van der Waals surface area contributed by atoms with Gasteiger partial charge >= 0.3 is 0 Å². The van der Waals surface area contributed by atoms with Gasteiger partial charge in [0.15, 0.2) is 11.5 Å². The molecule has 0 fully saturated rings. The number of nitriles is 1. The van der Waals surface area contributed by atoms with Crippen LogP contribution in [-0.4, -0.2) is 19.1 Å². The molecule has 0 radical (unpaired) electrons. The molecule has 0 heterocycles. The van der Waals surface area contributed by atoms with Crippen LogP contribution in [-0.2, 0) is 11.4 Å². The van der Waals surface area contributed by atoms with Gasteiger partial charge in [-0.2, -0.15) is 5.26 Å². The lowest BCUT2D eigenvalue weighted by molar-refractivity contribution is -0.112. The molecule has 35 heavy (non-hydrogen) atoms. The summed E-state index contributed by atoms with van der Waals surface area (Å²) in [6.07, 6.45) is 1.44. The number of rotatable bonds is 10. The van der Waals surface area contributed by atoms with Gasteiger partial charge in [0.05, 0.1) is 18.2 Å². The predicted octanol–water partition coefficient (Wildman–Crippen LogP) is 6.92. The molecule has 0 aliphatic heterocycles. The molecule has 8 heteroatoms. The Balaban J connectivity index is 1.70. The molecule has 1 amide bonds. The van der Waals surface area contributed by atoms with Gasteiger partial charge in [0.2, 0.25) is 0 Å². The molecule has 0 saturated heterocycles. The van der Waals surface area contributed by atoms with E-state index in [0.29, 0.717) is 58.4 Å². The number of amides is 1. The van der Waals surface area contributed by atoms with Gasteiger partial charge in [-0.1, -0.05) is 41.4 Å². The largest absolute Gasteiger partial charge is 0.490 e. The molecule has 0 aromatic heterocycles. The summed E-state index contributed by atoms with van der Waals surface area (Å²) >= 11 is 12.5. The number of hydrogen-bond acceptors (Lipinski definition) is 5. The topological polar surface area (TPSA) is 80.6 Å². The minimum absolute atomic E-state index is 0.0910. The highest BCUT2D eigenvalue weighted by atomic mass is 35.5. The fourth-order valence-electron chi connectivity index (χ4n) is 3.14. The van der Waals surface area contributed by atoms with Crippen LogP contribution in [0.5, 0.6) is 17.2 Å². The lowest BCUT2D eigenvalue weighted by Gasteiger charge is -2.13. The molecule has 0 atom stereocenters. The lowest BCUT2D eigenvalue weighted by atomic mass is 10.1. The van der Waals surface area contributed by atoms with Crippen LogP contribution in [0, 0.1) is 11.3 Å². The Hall–Kier alpha value is -3.66. The Labute approximate surface area is 214 Å². The highest BCUT2D eigenvalue weighted by Gasteiger charge is 2.14. The summed E-state index contributed by atoms with van der Waals surface area (Å²) in [5.41, 5.74) is 1.84. The van der Waals surface area contributed by atoms with Gasteiger partial charge in [0.25, 0.3) is 5.91 Å². The molecule has 1 N–H and O–H groups in total. The van der Waals surface area contributed by atoms with Gasteiger partial charge in [-0.25, -0.2) is 0 Å². The minimum atomic E-state index is -0.555. The Bertz CT molecular complexity index is 1250. The van der Waals surface area contributed by atoms with E-state index in [1.165, 1.54) is 6.08 Å². The number of nitrogens with one attached hydrogen (secondary N) is 1. The average Bonchev–Trinajstić information content (AvgIpc) is 2.85. The first-order valence-electron chi connectivity index (χ1n) is 10.9. The molecule has 3 aromatic rings. The molecule has 3 aromatic carbocycles. The predicted molar refractivity (Wildman–Crippen MR) is 138 cm³/mol. The third kappa shape index (κ3) is 7.16. The van der Waals surface area contributed by atoms with Crippen molar-refractivity contribution in [2.75, 3.05) is 18.5 Å². The first-order chi connectivity index (χ1) is 16.9. The van der Waals surface area contributed by atoms with E-state index in [4.69, 9.17) is 37.4 Å². The maximum atomic E-state index is 12.7. The van der Waals surface area contributed by atoms with E-state index in [1.54, 1.807) is 42.5 Å². The van der Waals surface area contributed by atoms with E-state index in [9.17, 15) is 10.1 Å². The second-order valence-electron chi connectivity index (χ2n) is 7.22. The van der Waals surface area contributed by atoms with E-state index < -0.39 is 5.91 Å². The molecule has 0 aliphatic carbocycles. The highest BCUT2D eigenvalue weighted by Crippen LogP contribution is 2.37. The van der Waals surface area contributed by atoms with E-state index in [-0.39, 0.29) is 5.57 Å². The molecule has 6 nitrogen and oxygen atoms in total. The Morgan fingerprint density at radius 3 is 2.34 bits per heavy atom. The molecule has 0 unspecified atom stereocenters. The summed E-state index contributed by atoms with van der Waals surface area (Å²) < 4.78 is 16.9. The van der Waals surface area contributed by atoms with Crippen molar-refractivity contribution in [1.29, 1.82) is 5.26 Å². The first-order valence-corrected chi connectivity index (χ1v) is 11.7.